The van der Waals surface area contributed by atoms with Crippen LogP contribution in [-0.4, -0.2) is 43.9 Å². The maximum absolute atomic E-state index is 13.1. The molecule has 0 unspecified atom stereocenters. The van der Waals surface area contributed by atoms with E-state index in [1.165, 1.54) is 0 Å². The van der Waals surface area contributed by atoms with Crippen molar-refractivity contribution in [3.8, 4) is 0 Å². The standard InChI is InChI=1S/C17H25N5O2/c1-6-22-16(14-7-10(2)24-12(4)15(14)20-22)17(23)21(5)9-13-8-18-19-11(13)3/h8,10,12H,6-7,9H2,1-5H3,(H,18,19)/t10-,12+/m0/s1. The summed E-state index contributed by atoms with van der Waals surface area (Å²) in [5, 5.41) is 11.6. The molecule has 2 aromatic rings. The van der Waals surface area contributed by atoms with E-state index in [1.54, 1.807) is 11.1 Å². The van der Waals surface area contributed by atoms with E-state index in [2.05, 4.69) is 15.3 Å². The van der Waals surface area contributed by atoms with Crippen molar-refractivity contribution >= 4 is 5.91 Å². The lowest BCUT2D eigenvalue weighted by atomic mass is 9.99. The highest BCUT2D eigenvalue weighted by atomic mass is 16.5. The molecule has 130 valence electrons. The van der Waals surface area contributed by atoms with E-state index in [1.807, 2.05) is 39.4 Å². The Morgan fingerprint density at radius 2 is 2.25 bits per heavy atom. The lowest BCUT2D eigenvalue weighted by molar-refractivity contribution is -0.00715. The monoisotopic (exact) mass is 331 g/mol. The number of amides is 1. The minimum atomic E-state index is -0.0791. The summed E-state index contributed by atoms with van der Waals surface area (Å²) in [5.41, 5.74) is 4.62. The minimum Gasteiger partial charge on any atom is -0.369 e. The summed E-state index contributed by atoms with van der Waals surface area (Å²) in [6.07, 6.45) is 2.50. The van der Waals surface area contributed by atoms with Crippen molar-refractivity contribution in [2.45, 2.75) is 59.4 Å². The summed E-state index contributed by atoms with van der Waals surface area (Å²) >= 11 is 0. The van der Waals surface area contributed by atoms with Crippen LogP contribution in [0.5, 0.6) is 0 Å². The predicted molar refractivity (Wildman–Crippen MR) is 89.7 cm³/mol. The van der Waals surface area contributed by atoms with E-state index in [9.17, 15) is 4.79 Å². The fourth-order valence-electron chi connectivity index (χ4n) is 3.31. The highest BCUT2D eigenvalue weighted by Gasteiger charge is 2.32. The number of ether oxygens (including phenoxy) is 1. The molecule has 2 atom stereocenters. The topological polar surface area (TPSA) is 76.0 Å². The van der Waals surface area contributed by atoms with Crippen LogP contribution in [0.2, 0.25) is 0 Å². The van der Waals surface area contributed by atoms with E-state index in [0.29, 0.717) is 18.8 Å². The number of fused-ring (bicyclic) bond motifs is 1. The van der Waals surface area contributed by atoms with Gasteiger partial charge in [-0.15, -0.1) is 0 Å². The van der Waals surface area contributed by atoms with Gasteiger partial charge in [-0.1, -0.05) is 0 Å². The molecule has 3 heterocycles. The summed E-state index contributed by atoms with van der Waals surface area (Å²) in [6, 6.07) is 0. The number of aryl methyl sites for hydroxylation is 2. The number of aromatic nitrogens is 4. The van der Waals surface area contributed by atoms with Crippen LogP contribution in [0.3, 0.4) is 0 Å². The van der Waals surface area contributed by atoms with Gasteiger partial charge in [-0.05, 0) is 27.7 Å². The number of nitrogens with zero attached hydrogens (tertiary/aromatic N) is 4. The van der Waals surface area contributed by atoms with Crippen LogP contribution in [0, 0.1) is 6.92 Å². The highest BCUT2D eigenvalue weighted by Crippen LogP contribution is 2.32. The molecule has 0 saturated heterocycles. The van der Waals surface area contributed by atoms with Crippen LogP contribution >= 0.6 is 0 Å². The second-order valence-corrected chi connectivity index (χ2v) is 6.50. The fraction of sp³-hybridized carbons (Fsp3) is 0.588. The molecule has 0 fully saturated rings. The average Bonchev–Trinajstić information content (AvgIpc) is 3.10. The van der Waals surface area contributed by atoms with E-state index in [0.717, 1.165) is 28.9 Å². The summed E-state index contributed by atoms with van der Waals surface area (Å²) in [7, 11) is 1.82. The summed E-state index contributed by atoms with van der Waals surface area (Å²) in [5.74, 6) is -0.00694. The van der Waals surface area contributed by atoms with E-state index in [4.69, 9.17) is 4.74 Å². The largest absolute Gasteiger partial charge is 0.369 e. The Kier molecular flexibility index (Phi) is 4.45. The Hall–Kier alpha value is -2.15. The molecule has 0 spiro atoms. The van der Waals surface area contributed by atoms with E-state index in [-0.39, 0.29) is 18.1 Å². The number of rotatable bonds is 4. The molecule has 24 heavy (non-hydrogen) atoms. The summed E-state index contributed by atoms with van der Waals surface area (Å²) in [4.78, 5) is 14.8. The SMILES string of the molecule is CCn1nc2c(c1C(=O)N(C)Cc1cn[nH]c1C)C[C@H](C)O[C@@H]2C. The van der Waals surface area contributed by atoms with Gasteiger partial charge in [0.15, 0.2) is 0 Å². The number of hydrogen-bond acceptors (Lipinski definition) is 4. The van der Waals surface area contributed by atoms with Crippen molar-refractivity contribution < 1.29 is 9.53 Å². The van der Waals surface area contributed by atoms with Gasteiger partial charge in [0.1, 0.15) is 5.69 Å². The van der Waals surface area contributed by atoms with Gasteiger partial charge in [0.05, 0.1) is 24.1 Å². The molecule has 1 amide bonds. The van der Waals surface area contributed by atoms with E-state index < -0.39 is 0 Å². The third kappa shape index (κ3) is 2.84. The smallest absolute Gasteiger partial charge is 0.272 e. The maximum Gasteiger partial charge on any atom is 0.272 e. The third-order valence-electron chi connectivity index (χ3n) is 4.59. The number of aromatic amines is 1. The zero-order valence-electron chi connectivity index (χ0n) is 15.0. The van der Waals surface area contributed by atoms with Gasteiger partial charge < -0.3 is 9.64 Å². The molecule has 1 aliphatic heterocycles. The quantitative estimate of drug-likeness (QED) is 0.932. The third-order valence-corrected chi connectivity index (χ3v) is 4.59. The molecular formula is C17H25N5O2. The van der Waals surface area contributed by atoms with Crippen LogP contribution in [0.15, 0.2) is 6.20 Å². The molecule has 0 aliphatic carbocycles. The zero-order valence-corrected chi connectivity index (χ0v) is 15.0. The number of carbonyl (C=O) groups excluding carboxylic acids is 1. The fourth-order valence-corrected chi connectivity index (χ4v) is 3.31. The van der Waals surface area contributed by atoms with Gasteiger partial charge in [0.2, 0.25) is 0 Å². The van der Waals surface area contributed by atoms with Crippen LogP contribution in [-0.2, 0) is 24.2 Å². The molecule has 7 heteroatoms. The van der Waals surface area contributed by atoms with Crippen LogP contribution < -0.4 is 0 Å². The molecule has 7 nitrogen and oxygen atoms in total. The molecule has 0 radical (unpaired) electrons. The van der Waals surface area contributed by atoms with Crippen LogP contribution in [0.1, 0.15) is 59.9 Å². The van der Waals surface area contributed by atoms with Crippen molar-refractivity contribution in [3.63, 3.8) is 0 Å². The lowest BCUT2D eigenvalue weighted by Gasteiger charge is -2.25. The number of hydrogen-bond donors (Lipinski definition) is 1. The Labute approximate surface area is 142 Å². The first-order chi connectivity index (χ1) is 11.4. The first kappa shape index (κ1) is 16.7. The molecular weight excluding hydrogens is 306 g/mol. The van der Waals surface area contributed by atoms with Crippen LogP contribution in [0.4, 0.5) is 0 Å². The van der Waals surface area contributed by atoms with Gasteiger partial charge in [-0.3, -0.25) is 14.6 Å². The van der Waals surface area contributed by atoms with Gasteiger partial charge in [0.25, 0.3) is 5.91 Å². The number of carbonyl (C=O) groups is 1. The van der Waals surface area contributed by atoms with Crippen molar-refractivity contribution in [3.05, 3.63) is 34.4 Å². The Balaban J connectivity index is 1.93. The summed E-state index contributed by atoms with van der Waals surface area (Å²) < 4.78 is 7.66. The van der Waals surface area contributed by atoms with Crippen LogP contribution in [0.25, 0.3) is 0 Å². The van der Waals surface area contributed by atoms with E-state index >= 15 is 0 Å². The molecule has 3 rings (SSSR count). The first-order valence-corrected chi connectivity index (χ1v) is 8.41. The van der Waals surface area contributed by atoms with Gasteiger partial charge in [0, 0.05) is 43.4 Å². The van der Waals surface area contributed by atoms with Crippen molar-refractivity contribution in [2.24, 2.45) is 0 Å². The molecule has 0 saturated carbocycles. The minimum absolute atomic E-state index is 0.00694. The normalized spacial score (nSPS) is 20.0. The summed E-state index contributed by atoms with van der Waals surface area (Å²) in [6.45, 7) is 9.17. The molecule has 1 aliphatic rings. The van der Waals surface area contributed by atoms with Gasteiger partial charge >= 0.3 is 0 Å². The predicted octanol–water partition coefficient (Wildman–Crippen LogP) is 2.23. The Morgan fingerprint density at radius 1 is 1.50 bits per heavy atom. The Bertz CT molecular complexity index is 748. The Morgan fingerprint density at radius 3 is 2.88 bits per heavy atom. The van der Waals surface area contributed by atoms with Gasteiger partial charge in [-0.2, -0.15) is 10.2 Å². The lowest BCUT2D eigenvalue weighted by Crippen LogP contribution is -2.30. The highest BCUT2D eigenvalue weighted by molar-refractivity contribution is 5.94. The average molecular weight is 331 g/mol. The molecule has 0 bridgehead atoms. The second-order valence-electron chi connectivity index (χ2n) is 6.50. The second kappa shape index (κ2) is 6.39. The van der Waals surface area contributed by atoms with Crippen molar-refractivity contribution in [1.29, 1.82) is 0 Å². The maximum atomic E-state index is 13.1. The molecule has 0 aromatic carbocycles. The van der Waals surface area contributed by atoms with Crippen molar-refractivity contribution in [2.75, 3.05) is 7.05 Å². The molecule has 2 aromatic heterocycles. The number of H-pyrrole nitrogens is 1. The number of nitrogens with one attached hydrogen (secondary N) is 1. The first-order valence-electron chi connectivity index (χ1n) is 8.41. The van der Waals surface area contributed by atoms with Gasteiger partial charge in [-0.25, -0.2) is 0 Å². The van der Waals surface area contributed by atoms with Crippen molar-refractivity contribution in [1.82, 2.24) is 24.9 Å². The molecule has 1 N–H and O–H groups in total. The zero-order chi connectivity index (χ0) is 17.4.